The van der Waals surface area contributed by atoms with E-state index in [0.717, 1.165) is 0 Å². The summed E-state index contributed by atoms with van der Waals surface area (Å²) in [4.78, 5) is 10.3. The summed E-state index contributed by atoms with van der Waals surface area (Å²) in [5, 5.41) is 13.6. The van der Waals surface area contributed by atoms with Gasteiger partial charge in [0.1, 0.15) is 6.61 Å². The van der Waals surface area contributed by atoms with Crippen LogP contribution in [0.2, 0.25) is 0 Å². The Morgan fingerprint density at radius 1 is 1.40 bits per heavy atom. The van der Waals surface area contributed by atoms with Crippen LogP contribution in [-0.2, 0) is 11.3 Å². The first kappa shape index (κ1) is 16.4. The van der Waals surface area contributed by atoms with Gasteiger partial charge in [-0.15, -0.1) is 0 Å². The minimum atomic E-state index is -4.32. The lowest BCUT2D eigenvalue weighted by atomic mass is 10.1. The SMILES string of the molecule is Cc1ccc(CNCCOCC(F)(F)F)cc1[N+](=O)[O-]. The van der Waals surface area contributed by atoms with Crippen molar-refractivity contribution in [1.82, 2.24) is 5.32 Å². The quantitative estimate of drug-likeness (QED) is 0.476. The molecule has 1 N–H and O–H groups in total. The van der Waals surface area contributed by atoms with Crippen LogP contribution in [0.4, 0.5) is 18.9 Å². The second kappa shape index (κ2) is 7.20. The molecule has 0 saturated carbocycles. The zero-order chi connectivity index (χ0) is 15.2. The fourth-order valence-corrected chi connectivity index (χ4v) is 1.53. The van der Waals surface area contributed by atoms with E-state index in [1.165, 1.54) is 6.07 Å². The Hall–Kier alpha value is -1.67. The molecule has 0 aliphatic carbocycles. The van der Waals surface area contributed by atoms with Crippen LogP contribution in [-0.4, -0.2) is 30.9 Å². The molecule has 1 aromatic rings. The van der Waals surface area contributed by atoms with Crippen molar-refractivity contribution in [2.24, 2.45) is 0 Å². The van der Waals surface area contributed by atoms with Gasteiger partial charge in [-0.2, -0.15) is 13.2 Å². The number of nitrogens with one attached hydrogen (secondary N) is 1. The minimum absolute atomic E-state index is 0.0256. The molecule has 0 aromatic heterocycles. The highest BCUT2D eigenvalue weighted by Crippen LogP contribution is 2.19. The molecule has 112 valence electrons. The number of nitro benzene ring substituents is 1. The van der Waals surface area contributed by atoms with Gasteiger partial charge in [-0.3, -0.25) is 10.1 Å². The number of aryl methyl sites for hydroxylation is 1. The molecular formula is C12H15F3N2O3. The number of rotatable bonds is 7. The molecule has 5 nitrogen and oxygen atoms in total. The Morgan fingerprint density at radius 2 is 2.10 bits per heavy atom. The average molecular weight is 292 g/mol. The van der Waals surface area contributed by atoms with Gasteiger partial charge in [0.05, 0.1) is 11.5 Å². The lowest BCUT2D eigenvalue weighted by Crippen LogP contribution is -2.23. The van der Waals surface area contributed by atoms with Crippen LogP contribution in [0.3, 0.4) is 0 Å². The Bertz CT molecular complexity index is 464. The van der Waals surface area contributed by atoms with E-state index < -0.39 is 17.7 Å². The number of halogens is 3. The molecule has 0 spiro atoms. The van der Waals surface area contributed by atoms with Gasteiger partial charge in [0.15, 0.2) is 0 Å². The van der Waals surface area contributed by atoms with Crippen molar-refractivity contribution in [3.05, 3.63) is 39.4 Å². The highest BCUT2D eigenvalue weighted by molar-refractivity contribution is 5.42. The van der Waals surface area contributed by atoms with Crippen molar-refractivity contribution in [3.63, 3.8) is 0 Å². The summed E-state index contributed by atoms with van der Waals surface area (Å²) in [5.41, 5.74) is 1.28. The predicted molar refractivity (Wildman–Crippen MR) is 66.4 cm³/mol. The number of alkyl halides is 3. The van der Waals surface area contributed by atoms with Crippen molar-refractivity contribution < 1.29 is 22.8 Å². The molecule has 1 aromatic carbocycles. The average Bonchev–Trinajstić information content (AvgIpc) is 2.33. The molecule has 0 radical (unpaired) electrons. The van der Waals surface area contributed by atoms with Crippen molar-refractivity contribution in [1.29, 1.82) is 0 Å². The van der Waals surface area contributed by atoms with Crippen LogP contribution in [0.25, 0.3) is 0 Å². The van der Waals surface area contributed by atoms with Crippen LogP contribution in [0.1, 0.15) is 11.1 Å². The Labute approximate surface area is 113 Å². The fraction of sp³-hybridized carbons (Fsp3) is 0.500. The first-order valence-electron chi connectivity index (χ1n) is 5.89. The van der Waals surface area contributed by atoms with Gasteiger partial charge in [0, 0.05) is 24.7 Å². The third-order valence-electron chi connectivity index (χ3n) is 2.49. The maximum Gasteiger partial charge on any atom is 0.411 e. The molecular weight excluding hydrogens is 277 g/mol. The van der Waals surface area contributed by atoms with Crippen molar-refractivity contribution >= 4 is 5.69 Å². The fourth-order valence-electron chi connectivity index (χ4n) is 1.53. The molecule has 0 amide bonds. The first-order valence-corrected chi connectivity index (χ1v) is 5.89. The standard InChI is InChI=1S/C12H15F3N2O3/c1-9-2-3-10(6-11(9)17(18)19)7-16-4-5-20-8-12(13,14)15/h2-3,6,16H,4-5,7-8H2,1H3. The van der Waals surface area contributed by atoms with Gasteiger partial charge >= 0.3 is 6.18 Å². The van der Waals surface area contributed by atoms with E-state index >= 15 is 0 Å². The van der Waals surface area contributed by atoms with E-state index in [-0.39, 0.29) is 18.8 Å². The minimum Gasteiger partial charge on any atom is -0.371 e. The number of nitrogens with zero attached hydrogens (tertiary/aromatic N) is 1. The highest BCUT2D eigenvalue weighted by Gasteiger charge is 2.27. The number of ether oxygens (including phenoxy) is 1. The van der Waals surface area contributed by atoms with Crippen molar-refractivity contribution in [2.45, 2.75) is 19.6 Å². The highest BCUT2D eigenvalue weighted by atomic mass is 19.4. The van der Waals surface area contributed by atoms with Crippen molar-refractivity contribution in [2.75, 3.05) is 19.8 Å². The summed E-state index contributed by atoms with van der Waals surface area (Å²) < 4.78 is 39.8. The summed E-state index contributed by atoms with van der Waals surface area (Å²) in [5.74, 6) is 0. The number of hydrogen-bond acceptors (Lipinski definition) is 4. The van der Waals surface area contributed by atoms with E-state index in [0.29, 0.717) is 17.7 Å². The smallest absolute Gasteiger partial charge is 0.371 e. The monoisotopic (exact) mass is 292 g/mol. The van der Waals surface area contributed by atoms with Gasteiger partial charge in [-0.05, 0) is 12.5 Å². The zero-order valence-electron chi connectivity index (χ0n) is 10.9. The summed E-state index contributed by atoms with van der Waals surface area (Å²) >= 11 is 0. The molecule has 0 heterocycles. The van der Waals surface area contributed by atoms with Gasteiger partial charge in [0.2, 0.25) is 0 Å². The van der Waals surface area contributed by atoms with Gasteiger partial charge in [-0.1, -0.05) is 12.1 Å². The molecule has 0 unspecified atom stereocenters. The van der Waals surface area contributed by atoms with E-state index in [1.54, 1.807) is 19.1 Å². The zero-order valence-corrected chi connectivity index (χ0v) is 10.9. The topological polar surface area (TPSA) is 64.4 Å². The lowest BCUT2D eigenvalue weighted by Gasteiger charge is -2.08. The molecule has 0 saturated heterocycles. The van der Waals surface area contributed by atoms with E-state index in [1.807, 2.05) is 0 Å². The second-order valence-electron chi connectivity index (χ2n) is 4.22. The first-order chi connectivity index (χ1) is 9.29. The van der Waals surface area contributed by atoms with E-state index in [2.05, 4.69) is 10.1 Å². The predicted octanol–water partition coefficient (Wildman–Crippen LogP) is 2.57. The summed E-state index contributed by atoms with van der Waals surface area (Å²) in [6, 6.07) is 4.81. The third kappa shape index (κ3) is 5.98. The molecule has 0 aliphatic heterocycles. The van der Waals surface area contributed by atoms with Gasteiger partial charge < -0.3 is 10.1 Å². The third-order valence-corrected chi connectivity index (χ3v) is 2.49. The van der Waals surface area contributed by atoms with Gasteiger partial charge in [0.25, 0.3) is 5.69 Å². The van der Waals surface area contributed by atoms with Crippen LogP contribution < -0.4 is 5.32 Å². The number of hydrogen-bond donors (Lipinski definition) is 1. The number of benzene rings is 1. The molecule has 1 rings (SSSR count). The molecule has 0 aliphatic rings. The van der Waals surface area contributed by atoms with Crippen LogP contribution in [0.5, 0.6) is 0 Å². The largest absolute Gasteiger partial charge is 0.411 e. The maximum atomic E-state index is 11.8. The lowest BCUT2D eigenvalue weighted by molar-refractivity contribution is -0.385. The van der Waals surface area contributed by atoms with Gasteiger partial charge in [-0.25, -0.2) is 0 Å². The van der Waals surface area contributed by atoms with E-state index in [4.69, 9.17) is 0 Å². The van der Waals surface area contributed by atoms with Crippen LogP contribution in [0.15, 0.2) is 18.2 Å². The number of nitro groups is 1. The Kier molecular flexibility index (Phi) is 5.90. The molecule has 20 heavy (non-hydrogen) atoms. The summed E-state index contributed by atoms with van der Waals surface area (Å²) in [6.07, 6.45) is -4.32. The molecule has 0 fully saturated rings. The molecule has 0 bridgehead atoms. The summed E-state index contributed by atoms with van der Waals surface area (Å²) in [6.45, 7) is 0.854. The Balaban J connectivity index is 2.32. The normalized spacial score (nSPS) is 11.6. The van der Waals surface area contributed by atoms with Crippen LogP contribution in [0, 0.1) is 17.0 Å². The second-order valence-corrected chi connectivity index (χ2v) is 4.22. The van der Waals surface area contributed by atoms with Crippen molar-refractivity contribution in [3.8, 4) is 0 Å². The molecule has 0 atom stereocenters. The van der Waals surface area contributed by atoms with E-state index in [9.17, 15) is 23.3 Å². The maximum absolute atomic E-state index is 11.8. The molecule has 8 heteroatoms. The summed E-state index contributed by atoms with van der Waals surface area (Å²) in [7, 11) is 0. The van der Waals surface area contributed by atoms with Crippen LogP contribution >= 0.6 is 0 Å². The Morgan fingerprint density at radius 3 is 2.70 bits per heavy atom.